The Hall–Kier alpha value is -4.01. The summed E-state index contributed by atoms with van der Waals surface area (Å²) in [5.41, 5.74) is 0.288. The predicted molar refractivity (Wildman–Crippen MR) is 125 cm³/mol. The van der Waals surface area contributed by atoms with E-state index in [1.54, 1.807) is 18.2 Å². The Bertz CT molecular complexity index is 1470. The van der Waals surface area contributed by atoms with Crippen LogP contribution < -0.4 is 9.47 Å². The first-order valence-electron chi connectivity index (χ1n) is 10.8. The number of alkyl halides is 2. The fraction of sp³-hybridized carbons (Fsp3) is 0.318. The molecular formula is C22H22F3N7O4S. The summed E-state index contributed by atoms with van der Waals surface area (Å²) in [5.74, 6) is -0.513. The van der Waals surface area contributed by atoms with Gasteiger partial charge in [-0.1, -0.05) is 6.07 Å². The largest absolute Gasteiger partial charge is 0.494 e. The van der Waals surface area contributed by atoms with E-state index in [9.17, 15) is 21.6 Å². The molecule has 1 aromatic carbocycles. The van der Waals surface area contributed by atoms with E-state index in [0.717, 1.165) is 18.6 Å². The van der Waals surface area contributed by atoms with Crippen LogP contribution in [0.4, 0.5) is 13.2 Å². The molecule has 0 saturated heterocycles. The third-order valence-electron chi connectivity index (χ3n) is 5.48. The molecular weight excluding hydrogens is 515 g/mol. The van der Waals surface area contributed by atoms with Crippen LogP contribution in [0, 0.1) is 5.82 Å². The summed E-state index contributed by atoms with van der Waals surface area (Å²) in [5, 5.41) is 11.0. The molecule has 0 unspecified atom stereocenters. The number of rotatable bonds is 10. The fourth-order valence-corrected chi connectivity index (χ4v) is 4.81. The molecule has 0 amide bonds. The Balaban J connectivity index is 1.80. The van der Waals surface area contributed by atoms with Gasteiger partial charge < -0.3 is 9.47 Å². The van der Waals surface area contributed by atoms with Gasteiger partial charge in [0.15, 0.2) is 27.3 Å². The quantitative estimate of drug-likeness (QED) is 0.300. The molecule has 1 atom stereocenters. The van der Waals surface area contributed by atoms with Crippen molar-refractivity contribution in [2.24, 2.45) is 0 Å². The SMILES string of the molecule is COc1cccc(OC)c1-n1c(CS(=O)(=O)[C@@H](C)Cc2ncc(F)cn2)nnc1-c1ccn(C(F)F)n1. The predicted octanol–water partition coefficient (Wildman–Crippen LogP) is 3.02. The maximum Gasteiger partial charge on any atom is 0.333 e. The number of para-hydroxylation sites is 1. The second kappa shape index (κ2) is 10.5. The lowest BCUT2D eigenvalue weighted by molar-refractivity contribution is 0.0568. The second-order valence-corrected chi connectivity index (χ2v) is 10.3. The zero-order valence-corrected chi connectivity index (χ0v) is 20.7. The fourth-order valence-electron chi connectivity index (χ4n) is 3.58. The van der Waals surface area contributed by atoms with E-state index < -0.39 is 33.2 Å². The van der Waals surface area contributed by atoms with Gasteiger partial charge in [-0.15, -0.1) is 10.2 Å². The van der Waals surface area contributed by atoms with Crippen LogP contribution in [-0.4, -0.2) is 62.4 Å². The molecule has 3 heterocycles. The van der Waals surface area contributed by atoms with Crippen molar-refractivity contribution in [3.63, 3.8) is 0 Å². The highest BCUT2D eigenvalue weighted by Crippen LogP contribution is 2.36. The molecule has 0 N–H and O–H groups in total. The van der Waals surface area contributed by atoms with Crippen molar-refractivity contribution in [1.82, 2.24) is 34.5 Å². The molecule has 0 saturated carbocycles. The van der Waals surface area contributed by atoms with Crippen molar-refractivity contribution in [2.75, 3.05) is 14.2 Å². The van der Waals surface area contributed by atoms with Crippen molar-refractivity contribution in [2.45, 2.75) is 30.9 Å². The van der Waals surface area contributed by atoms with E-state index in [-0.39, 0.29) is 35.3 Å². The van der Waals surface area contributed by atoms with E-state index in [1.165, 1.54) is 31.8 Å². The molecule has 3 aromatic heterocycles. The van der Waals surface area contributed by atoms with Crippen molar-refractivity contribution in [3.05, 3.63) is 60.3 Å². The number of ether oxygens (including phenoxy) is 2. The molecule has 4 rings (SSSR count). The number of nitrogens with zero attached hydrogens (tertiary/aromatic N) is 7. The summed E-state index contributed by atoms with van der Waals surface area (Å²) in [6, 6.07) is 6.21. The average Bonchev–Trinajstić information content (AvgIpc) is 3.52. The van der Waals surface area contributed by atoms with Crippen LogP contribution in [0.15, 0.2) is 42.9 Å². The normalized spacial score (nSPS) is 12.6. The zero-order chi connectivity index (χ0) is 26.7. The molecule has 0 spiro atoms. The Morgan fingerprint density at radius 1 is 1.03 bits per heavy atom. The Morgan fingerprint density at radius 3 is 2.24 bits per heavy atom. The number of halogens is 3. The van der Waals surface area contributed by atoms with Crippen LogP contribution in [0.5, 0.6) is 11.5 Å². The minimum Gasteiger partial charge on any atom is -0.494 e. The highest BCUT2D eigenvalue weighted by Gasteiger charge is 2.30. The lowest BCUT2D eigenvalue weighted by Crippen LogP contribution is -2.24. The summed E-state index contributed by atoms with van der Waals surface area (Å²) in [4.78, 5) is 7.64. The first kappa shape index (κ1) is 26.1. The summed E-state index contributed by atoms with van der Waals surface area (Å²) in [6.45, 7) is -1.42. The highest BCUT2D eigenvalue weighted by atomic mass is 32.2. The van der Waals surface area contributed by atoms with Gasteiger partial charge in [0.25, 0.3) is 0 Å². The number of sulfone groups is 1. The van der Waals surface area contributed by atoms with Gasteiger partial charge in [-0.05, 0) is 25.1 Å². The molecule has 15 heteroatoms. The van der Waals surface area contributed by atoms with Gasteiger partial charge in [0.05, 0.1) is 31.9 Å². The number of benzene rings is 1. The van der Waals surface area contributed by atoms with E-state index in [0.29, 0.717) is 16.2 Å². The van der Waals surface area contributed by atoms with Crippen LogP contribution in [0.3, 0.4) is 0 Å². The van der Waals surface area contributed by atoms with Gasteiger partial charge in [-0.25, -0.2) is 27.5 Å². The number of hydrogen-bond acceptors (Lipinski definition) is 9. The summed E-state index contributed by atoms with van der Waals surface area (Å²) in [7, 11) is -1.07. The molecule has 0 aliphatic heterocycles. The van der Waals surface area contributed by atoms with Gasteiger partial charge in [0.1, 0.15) is 34.5 Å². The summed E-state index contributed by atoms with van der Waals surface area (Å²) >= 11 is 0. The van der Waals surface area contributed by atoms with Gasteiger partial charge in [0, 0.05) is 12.6 Å². The van der Waals surface area contributed by atoms with Gasteiger partial charge >= 0.3 is 6.55 Å². The number of methoxy groups -OCH3 is 2. The summed E-state index contributed by atoms with van der Waals surface area (Å²) in [6.07, 6.45) is 2.91. The van der Waals surface area contributed by atoms with E-state index >= 15 is 0 Å². The minimum absolute atomic E-state index is 0.00178. The highest BCUT2D eigenvalue weighted by molar-refractivity contribution is 7.91. The van der Waals surface area contributed by atoms with Crippen LogP contribution in [0.1, 0.15) is 25.1 Å². The molecule has 37 heavy (non-hydrogen) atoms. The van der Waals surface area contributed by atoms with Crippen LogP contribution in [0.25, 0.3) is 17.2 Å². The van der Waals surface area contributed by atoms with Crippen molar-refractivity contribution < 1.29 is 31.1 Å². The van der Waals surface area contributed by atoms with Gasteiger partial charge in [-0.3, -0.25) is 4.57 Å². The van der Waals surface area contributed by atoms with Crippen molar-refractivity contribution >= 4 is 9.84 Å². The van der Waals surface area contributed by atoms with E-state index in [4.69, 9.17) is 9.47 Å². The van der Waals surface area contributed by atoms with Crippen LogP contribution in [0.2, 0.25) is 0 Å². The first-order chi connectivity index (χ1) is 17.6. The number of aromatic nitrogens is 7. The Kier molecular flexibility index (Phi) is 7.42. The van der Waals surface area contributed by atoms with Gasteiger partial charge in [0.2, 0.25) is 0 Å². The molecule has 196 valence electrons. The smallest absolute Gasteiger partial charge is 0.333 e. The molecule has 0 bridgehead atoms. The molecule has 0 radical (unpaired) electrons. The first-order valence-corrected chi connectivity index (χ1v) is 12.5. The van der Waals surface area contributed by atoms with E-state index in [2.05, 4.69) is 25.3 Å². The lowest BCUT2D eigenvalue weighted by Gasteiger charge is -2.18. The standard InChI is InChI=1S/C22H22F3N7O4S/c1-13(9-18-26-10-14(23)11-27-18)37(33,34)12-19-28-29-21(15-7-8-31(30-15)22(24)25)32(19)20-16(35-2)5-4-6-17(20)36-3/h4-8,10-11,13,22H,9,12H2,1-3H3/t13-/m0/s1. The average molecular weight is 538 g/mol. The zero-order valence-electron chi connectivity index (χ0n) is 19.9. The third-order valence-corrected chi connectivity index (χ3v) is 7.53. The maximum absolute atomic E-state index is 13.3. The number of hydrogen-bond donors (Lipinski definition) is 0. The molecule has 11 nitrogen and oxygen atoms in total. The summed E-state index contributed by atoms with van der Waals surface area (Å²) < 4.78 is 78.9. The topological polar surface area (TPSA) is 127 Å². The third kappa shape index (κ3) is 5.40. The van der Waals surface area contributed by atoms with Crippen LogP contribution >= 0.6 is 0 Å². The van der Waals surface area contributed by atoms with Crippen LogP contribution in [-0.2, 0) is 22.0 Å². The molecule has 0 aliphatic carbocycles. The molecule has 4 aromatic rings. The molecule has 0 aliphatic rings. The van der Waals surface area contributed by atoms with Crippen molar-refractivity contribution in [1.29, 1.82) is 0 Å². The minimum atomic E-state index is -3.89. The van der Waals surface area contributed by atoms with Crippen molar-refractivity contribution in [3.8, 4) is 28.7 Å². The lowest BCUT2D eigenvalue weighted by atomic mass is 10.2. The Labute approximate surface area is 209 Å². The molecule has 0 fully saturated rings. The van der Waals surface area contributed by atoms with E-state index in [1.807, 2.05) is 0 Å². The Morgan fingerprint density at radius 2 is 1.68 bits per heavy atom. The monoisotopic (exact) mass is 537 g/mol. The second-order valence-electron chi connectivity index (χ2n) is 7.88. The van der Waals surface area contributed by atoms with Gasteiger partial charge in [-0.2, -0.15) is 13.9 Å². The maximum atomic E-state index is 13.3.